The van der Waals surface area contributed by atoms with Crippen LogP contribution in [0.5, 0.6) is 5.75 Å². The molecule has 0 fully saturated rings. The topological polar surface area (TPSA) is 45.1 Å². The largest absolute Gasteiger partial charge is 0.508 e. The van der Waals surface area contributed by atoms with E-state index in [0.29, 0.717) is 12.3 Å². The number of aryl methyl sites for hydroxylation is 1. The van der Waals surface area contributed by atoms with Crippen molar-refractivity contribution in [2.45, 2.75) is 26.4 Å². The number of nitrogens with one attached hydrogen (secondary N) is 1. The third-order valence-electron chi connectivity index (χ3n) is 2.97. The minimum Gasteiger partial charge on any atom is -0.508 e. The molecule has 2 aromatic rings. The summed E-state index contributed by atoms with van der Waals surface area (Å²) in [6.45, 7) is 4.75. The van der Waals surface area contributed by atoms with Gasteiger partial charge in [-0.15, -0.1) is 0 Å². The lowest BCUT2D eigenvalue weighted by atomic mass is 10.0. The Kier molecular flexibility index (Phi) is 3.95. The zero-order valence-corrected chi connectivity index (χ0v) is 10.7. The molecule has 0 bridgehead atoms. The third kappa shape index (κ3) is 3.08. The number of aromatic hydroxyl groups is 1. The van der Waals surface area contributed by atoms with Gasteiger partial charge in [0.2, 0.25) is 0 Å². The highest BCUT2D eigenvalue weighted by molar-refractivity contribution is 5.37. The van der Waals surface area contributed by atoms with Crippen molar-refractivity contribution in [1.82, 2.24) is 10.3 Å². The van der Waals surface area contributed by atoms with E-state index in [4.69, 9.17) is 0 Å². The van der Waals surface area contributed by atoms with Crippen LogP contribution in [0, 0.1) is 6.92 Å². The molecule has 3 heteroatoms. The molecule has 1 unspecified atom stereocenters. The van der Waals surface area contributed by atoms with Crippen molar-refractivity contribution in [2.75, 3.05) is 0 Å². The molecule has 0 aliphatic rings. The predicted octanol–water partition coefficient (Wildman–Crippen LogP) is 2.95. The Hall–Kier alpha value is -1.87. The molecule has 1 aromatic carbocycles. The van der Waals surface area contributed by atoms with Gasteiger partial charge in [-0.1, -0.05) is 23.8 Å². The minimum absolute atomic E-state index is 0.0897. The van der Waals surface area contributed by atoms with E-state index in [2.05, 4.69) is 10.3 Å². The molecule has 1 aromatic heterocycles. The molecular weight excluding hydrogens is 224 g/mol. The second-order valence-corrected chi connectivity index (χ2v) is 4.49. The molecule has 0 spiro atoms. The summed E-state index contributed by atoms with van der Waals surface area (Å²) >= 11 is 0. The fourth-order valence-electron chi connectivity index (χ4n) is 1.89. The molecule has 1 heterocycles. The van der Waals surface area contributed by atoms with E-state index in [9.17, 15) is 5.11 Å². The molecular formula is C15H18N2O. The van der Waals surface area contributed by atoms with Crippen LogP contribution in [-0.4, -0.2) is 10.1 Å². The van der Waals surface area contributed by atoms with Crippen molar-refractivity contribution in [1.29, 1.82) is 0 Å². The van der Waals surface area contributed by atoms with Gasteiger partial charge in [-0.2, -0.15) is 0 Å². The highest BCUT2D eigenvalue weighted by Gasteiger charge is 2.10. The van der Waals surface area contributed by atoms with E-state index in [-0.39, 0.29) is 6.04 Å². The van der Waals surface area contributed by atoms with Crippen molar-refractivity contribution >= 4 is 0 Å². The molecule has 0 radical (unpaired) electrons. The Bertz CT molecular complexity index is 511. The number of phenols is 1. The van der Waals surface area contributed by atoms with E-state index in [1.165, 1.54) is 0 Å². The van der Waals surface area contributed by atoms with Crippen LogP contribution < -0.4 is 5.32 Å². The van der Waals surface area contributed by atoms with Gasteiger partial charge in [-0.25, -0.2) is 0 Å². The molecule has 94 valence electrons. The second-order valence-electron chi connectivity index (χ2n) is 4.49. The van der Waals surface area contributed by atoms with E-state index in [0.717, 1.165) is 16.8 Å². The summed E-state index contributed by atoms with van der Waals surface area (Å²) in [6, 6.07) is 11.6. The van der Waals surface area contributed by atoms with E-state index >= 15 is 0 Å². The van der Waals surface area contributed by atoms with Crippen LogP contribution in [0.25, 0.3) is 0 Å². The van der Waals surface area contributed by atoms with Crippen molar-refractivity contribution in [3.05, 3.63) is 59.4 Å². The van der Waals surface area contributed by atoms with Crippen LogP contribution >= 0.6 is 0 Å². The molecule has 18 heavy (non-hydrogen) atoms. The number of benzene rings is 1. The van der Waals surface area contributed by atoms with E-state index in [1.807, 2.05) is 44.2 Å². The average Bonchev–Trinajstić information content (AvgIpc) is 2.40. The molecule has 0 saturated heterocycles. The monoisotopic (exact) mass is 242 g/mol. The van der Waals surface area contributed by atoms with Gasteiger partial charge in [0.25, 0.3) is 0 Å². The minimum atomic E-state index is 0.0897. The SMILES string of the molecule is Cc1ccc(O)c(C(C)NCc2ccccn2)c1. The first-order chi connectivity index (χ1) is 8.66. The first-order valence-electron chi connectivity index (χ1n) is 6.09. The number of aromatic nitrogens is 1. The van der Waals surface area contributed by atoms with Gasteiger partial charge < -0.3 is 10.4 Å². The first kappa shape index (κ1) is 12.6. The van der Waals surface area contributed by atoms with Crippen LogP contribution in [-0.2, 0) is 6.54 Å². The van der Waals surface area contributed by atoms with Crippen LogP contribution in [0.2, 0.25) is 0 Å². The normalized spacial score (nSPS) is 12.3. The zero-order chi connectivity index (χ0) is 13.0. The van der Waals surface area contributed by atoms with Gasteiger partial charge in [0.15, 0.2) is 0 Å². The second kappa shape index (κ2) is 5.65. The Morgan fingerprint density at radius 2 is 2.11 bits per heavy atom. The summed E-state index contributed by atoms with van der Waals surface area (Å²) in [6.07, 6.45) is 1.78. The maximum Gasteiger partial charge on any atom is 0.120 e. The summed E-state index contributed by atoms with van der Waals surface area (Å²) < 4.78 is 0. The smallest absolute Gasteiger partial charge is 0.120 e. The van der Waals surface area contributed by atoms with Gasteiger partial charge in [-0.3, -0.25) is 4.98 Å². The summed E-state index contributed by atoms with van der Waals surface area (Å²) in [5.74, 6) is 0.335. The van der Waals surface area contributed by atoms with Gasteiger partial charge in [0.05, 0.1) is 5.69 Å². The lowest BCUT2D eigenvalue weighted by Crippen LogP contribution is -2.18. The number of hydrogen-bond acceptors (Lipinski definition) is 3. The van der Waals surface area contributed by atoms with Crippen LogP contribution in [0.1, 0.15) is 29.8 Å². The molecule has 1 atom stereocenters. The van der Waals surface area contributed by atoms with Gasteiger partial charge in [-0.05, 0) is 32.0 Å². The predicted molar refractivity (Wildman–Crippen MR) is 72.3 cm³/mol. The highest BCUT2D eigenvalue weighted by Crippen LogP contribution is 2.24. The summed E-state index contributed by atoms with van der Waals surface area (Å²) in [5, 5.41) is 13.2. The van der Waals surface area contributed by atoms with Gasteiger partial charge >= 0.3 is 0 Å². The molecule has 3 nitrogen and oxygen atoms in total. The van der Waals surface area contributed by atoms with Crippen LogP contribution in [0.4, 0.5) is 0 Å². The Balaban J connectivity index is 2.03. The molecule has 2 N–H and O–H groups in total. The maximum atomic E-state index is 9.85. The van der Waals surface area contributed by atoms with Crippen molar-refractivity contribution in [2.24, 2.45) is 0 Å². The average molecular weight is 242 g/mol. The molecule has 2 rings (SSSR count). The van der Waals surface area contributed by atoms with Crippen molar-refractivity contribution in [3.8, 4) is 5.75 Å². The molecule has 0 amide bonds. The summed E-state index contributed by atoms with van der Waals surface area (Å²) in [5.41, 5.74) is 3.07. The summed E-state index contributed by atoms with van der Waals surface area (Å²) in [7, 11) is 0. The Labute approximate surface area is 108 Å². The highest BCUT2D eigenvalue weighted by atomic mass is 16.3. The first-order valence-corrected chi connectivity index (χ1v) is 6.09. The molecule has 0 aliphatic carbocycles. The molecule has 0 saturated carbocycles. The van der Waals surface area contributed by atoms with Crippen LogP contribution in [0.15, 0.2) is 42.6 Å². The van der Waals surface area contributed by atoms with Gasteiger partial charge in [0.1, 0.15) is 5.75 Å². The van der Waals surface area contributed by atoms with E-state index in [1.54, 1.807) is 12.3 Å². The number of nitrogens with zero attached hydrogens (tertiary/aromatic N) is 1. The standard InChI is InChI=1S/C15H18N2O/c1-11-6-7-15(18)14(9-11)12(2)17-10-13-5-3-4-8-16-13/h3-9,12,17-18H,10H2,1-2H3. The number of rotatable bonds is 4. The van der Waals surface area contributed by atoms with E-state index < -0.39 is 0 Å². The Morgan fingerprint density at radius 1 is 1.28 bits per heavy atom. The fourth-order valence-corrected chi connectivity index (χ4v) is 1.89. The van der Waals surface area contributed by atoms with Gasteiger partial charge in [0, 0.05) is 24.3 Å². The quantitative estimate of drug-likeness (QED) is 0.866. The molecule has 0 aliphatic heterocycles. The van der Waals surface area contributed by atoms with Crippen molar-refractivity contribution in [3.63, 3.8) is 0 Å². The lowest BCUT2D eigenvalue weighted by molar-refractivity contribution is 0.451. The number of hydrogen-bond donors (Lipinski definition) is 2. The number of phenolic OH excluding ortho intramolecular Hbond substituents is 1. The Morgan fingerprint density at radius 3 is 2.83 bits per heavy atom. The van der Waals surface area contributed by atoms with Crippen molar-refractivity contribution < 1.29 is 5.11 Å². The zero-order valence-electron chi connectivity index (χ0n) is 10.7. The van der Waals surface area contributed by atoms with Crippen LogP contribution in [0.3, 0.4) is 0 Å². The maximum absolute atomic E-state index is 9.85. The third-order valence-corrected chi connectivity index (χ3v) is 2.97. The summed E-state index contributed by atoms with van der Waals surface area (Å²) in [4.78, 5) is 4.26. The fraction of sp³-hybridized carbons (Fsp3) is 0.267. The lowest BCUT2D eigenvalue weighted by Gasteiger charge is -2.16. The number of pyridine rings is 1.